The molecule has 0 unspecified atom stereocenters. The highest BCUT2D eigenvalue weighted by Gasteiger charge is 2.35. The van der Waals surface area contributed by atoms with E-state index in [4.69, 9.17) is 4.74 Å². The number of methoxy groups -OCH3 is 1. The Morgan fingerprint density at radius 1 is 1.07 bits per heavy atom. The van der Waals surface area contributed by atoms with Gasteiger partial charge in [0.1, 0.15) is 5.75 Å². The van der Waals surface area contributed by atoms with Crippen LogP contribution in [0.25, 0.3) is 0 Å². The predicted octanol–water partition coefficient (Wildman–Crippen LogP) is 3.08. The topological polar surface area (TPSA) is 75.7 Å². The number of nitrogens with one attached hydrogen (secondary N) is 1. The highest BCUT2D eigenvalue weighted by molar-refractivity contribution is 7.89. The number of sulfonamides is 1. The Labute approximate surface area is 162 Å². The Bertz CT molecular complexity index is 727. The van der Waals surface area contributed by atoms with Crippen LogP contribution in [0.3, 0.4) is 0 Å². The molecule has 1 atom stereocenters. The predicted molar refractivity (Wildman–Crippen MR) is 104 cm³/mol. The van der Waals surface area contributed by atoms with E-state index in [0.717, 1.165) is 44.9 Å². The third-order valence-electron chi connectivity index (χ3n) is 5.63. The zero-order valence-electron chi connectivity index (χ0n) is 16.0. The number of amides is 1. The second-order valence-electron chi connectivity index (χ2n) is 7.55. The minimum absolute atomic E-state index is 0.0243. The van der Waals surface area contributed by atoms with Gasteiger partial charge in [0.2, 0.25) is 15.9 Å². The SMILES string of the molecule is COc1ccc(S(=O)(=O)N2CCCC[C@@H]2CC(=O)NC2CCCCC2)cc1. The Kier molecular flexibility index (Phi) is 6.76. The molecule has 0 radical (unpaired) electrons. The third-order valence-corrected chi connectivity index (χ3v) is 7.60. The molecule has 1 heterocycles. The lowest BCUT2D eigenvalue weighted by molar-refractivity contribution is -0.123. The zero-order valence-corrected chi connectivity index (χ0v) is 16.8. The fraction of sp³-hybridized carbons (Fsp3) is 0.650. The maximum absolute atomic E-state index is 13.1. The molecule has 2 fully saturated rings. The van der Waals surface area contributed by atoms with Crippen molar-refractivity contribution in [3.8, 4) is 5.75 Å². The number of carbonyl (C=O) groups is 1. The minimum Gasteiger partial charge on any atom is -0.497 e. The monoisotopic (exact) mass is 394 g/mol. The lowest BCUT2D eigenvalue weighted by atomic mass is 9.95. The molecule has 0 aromatic heterocycles. The first-order valence-electron chi connectivity index (χ1n) is 9.96. The van der Waals surface area contributed by atoms with E-state index in [9.17, 15) is 13.2 Å². The number of benzene rings is 1. The number of carbonyl (C=O) groups excluding carboxylic acids is 1. The smallest absolute Gasteiger partial charge is 0.243 e. The summed E-state index contributed by atoms with van der Waals surface area (Å²) in [5.74, 6) is 0.597. The number of ether oxygens (including phenoxy) is 1. The third kappa shape index (κ3) is 5.02. The molecule has 1 aromatic rings. The summed E-state index contributed by atoms with van der Waals surface area (Å²) in [7, 11) is -2.07. The molecule has 150 valence electrons. The van der Waals surface area contributed by atoms with E-state index in [1.54, 1.807) is 31.4 Å². The van der Waals surface area contributed by atoms with Crippen molar-refractivity contribution < 1.29 is 17.9 Å². The standard InChI is InChI=1S/C20H30N2O4S/c1-26-18-10-12-19(13-11-18)27(24,25)22-14-6-5-9-17(22)15-20(23)21-16-7-3-2-4-8-16/h10-13,16-17H,2-9,14-15H2,1H3,(H,21,23)/t17-/m1/s1. The number of piperidine rings is 1. The van der Waals surface area contributed by atoms with Crippen molar-refractivity contribution in [1.82, 2.24) is 9.62 Å². The molecule has 1 amide bonds. The van der Waals surface area contributed by atoms with Gasteiger partial charge in [-0.3, -0.25) is 4.79 Å². The molecule has 6 nitrogen and oxygen atoms in total. The van der Waals surface area contributed by atoms with E-state index in [2.05, 4.69) is 5.32 Å². The van der Waals surface area contributed by atoms with E-state index in [1.807, 2.05) is 0 Å². The Balaban J connectivity index is 1.68. The zero-order chi connectivity index (χ0) is 19.3. The Morgan fingerprint density at radius 3 is 2.41 bits per heavy atom. The summed E-state index contributed by atoms with van der Waals surface area (Å²) >= 11 is 0. The molecule has 0 spiro atoms. The lowest BCUT2D eigenvalue weighted by Crippen LogP contribution is -2.47. The van der Waals surface area contributed by atoms with E-state index < -0.39 is 10.0 Å². The van der Waals surface area contributed by atoms with Crippen LogP contribution >= 0.6 is 0 Å². The molecule has 1 N–H and O–H groups in total. The summed E-state index contributed by atoms with van der Waals surface area (Å²) in [6.45, 7) is 0.468. The van der Waals surface area contributed by atoms with E-state index in [1.165, 1.54) is 10.7 Å². The molecule has 1 aliphatic heterocycles. The van der Waals surface area contributed by atoms with Gasteiger partial charge in [0.15, 0.2) is 0 Å². The summed E-state index contributed by atoms with van der Waals surface area (Å²) < 4.78 is 32.9. The highest BCUT2D eigenvalue weighted by atomic mass is 32.2. The number of hydrogen-bond donors (Lipinski definition) is 1. The van der Waals surface area contributed by atoms with Gasteiger partial charge in [0, 0.05) is 25.0 Å². The van der Waals surface area contributed by atoms with Crippen molar-refractivity contribution in [2.45, 2.75) is 74.8 Å². The van der Waals surface area contributed by atoms with Crippen molar-refractivity contribution in [2.75, 3.05) is 13.7 Å². The van der Waals surface area contributed by atoms with Crippen LogP contribution in [0.2, 0.25) is 0 Å². The van der Waals surface area contributed by atoms with Crippen molar-refractivity contribution >= 4 is 15.9 Å². The second kappa shape index (κ2) is 9.06. The Morgan fingerprint density at radius 2 is 1.74 bits per heavy atom. The molecule has 0 bridgehead atoms. The van der Waals surface area contributed by atoms with Gasteiger partial charge in [-0.2, -0.15) is 4.31 Å². The van der Waals surface area contributed by atoms with Gasteiger partial charge < -0.3 is 10.1 Å². The fourth-order valence-electron chi connectivity index (χ4n) is 4.13. The van der Waals surface area contributed by atoms with Crippen LogP contribution in [0.15, 0.2) is 29.2 Å². The normalized spacial score (nSPS) is 22.3. The van der Waals surface area contributed by atoms with Gasteiger partial charge in [0.05, 0.1) is 12.0 Å². The van der Waals surface area contributed by atoms with Crippen molar-refractivity contribution in [2.24, 2.45) is 0 Å². The van der Waals surface area contributed by atoms with Crippen LogP contribution in [0.4, 0.5) is 0 Å². The van der Waals surface area contributed by atoms with Gasteiger partial charge in [-0.1, -0.05) is 25.7 Å². The van der Waals surface area contributed by atoms with Crippen LogP contribution in [-0.4, -0.2) is 44.4 Å². The molecular weight excluding hydrogens is 364 g/mol. The first-order chi connectivity index (χ1) is 13.0. The molecular formula is C20H30N2O4S. The van der Waals surface area contributed by atoms with Crippen LogP contribution in [-0.2, 0) is 14.8 Å². The van der Waals surface area contributed by atoms with Crippen LogP contribution in [0.5, 0.6) is 5.75 Å². The molecule has 1 saturated carbocycles. The second-order valence-corrected chi connectivity index (χ2v) is 9.44. The summed E-state index contributed by atoms with van der Waals surface area (Å²) in [6, 6.07) is 6.43. The number of nitrogens with zero attached hydrogens (tertiary/aromatic N) is 1. The van der Waals surface area contributed by atoms with E-state index in [-0.39, 0.29) is 29.3 Å². The largest absolute Gasteiger partial charge is 0.497 e. The van der Waals surface area contributed by atoms with Gasteiger partial charge >= 0.3 is 0 Å². The van der Waals surface area contributed by atoms with Crippen LogP contribution in [0.1, 0.15) is 57.8 Å². The van der Waals surface area contributed by atoms with E-state index >= 15 is 0 Å². The van der Waals surface area contributed by atoms with E-state index in [0.29, 0.717) is 12.3 Å². The first-order valence-corrected chi connectivity index (χ1v) is 11.4. The average molecular weight is 395 g/mol. The summed E-state index contributed by atoms with van der Waals surface area (Å²) in [6.07, 6.45) is 8.38. The molecule has 3 rings (SSSR count). The summed E-state index contributed by atoms with van der Waals surface area (Å²) in [5, 5.41) is 3.12. The Hall–Kier alpha value is -1.60. The van der Waals surface area contributed by atoms with Gasteiger partial charge in [-0.15, -0.1) is 0 Å². The lowest BCUT2D eigenvalue weighted by Gasteiger charge is -2.35. The molecule has 1 saturated heterocycles. The first kappa shape index (κ1) is 20.1. The molecule has 2 aliphatic rings. The van der Waals surface area contributed by atoms with Crippen molar-refractivity contribution in [1.29, 1.82) is 0 Å². The van der Waals surface area contributed by atoms with Gasteiger partial charge in [-0.25, -0.2) is 8.42 Å². The highest BCUT2D eigenvalue weighted by Crippen LogP contribution is 2.28. The molecule has 7 heteroatoms. The summed E-state index contributed by atoms with van der Waals surface area (Å²) in [4.78, 5) is 12.8. The summed E-state index contributed by atoms with van der Waals surface area (Å²) in [5.41, 5.74) is 0. The molecule has 1 aliphatic carbocycles. The van der Waals surface area contributed by atoms with Gasteiger partial charge in [0.25, 0.3) is 0 Å². The van der Waals surface area contributed by atoms with Gasteiger partial charge in [-0.05, 0) is 49.9 Å². The molecule has 27 heavy (non-hydrogen) atoms. The number of hydrogen-bond acceptors (Lipinski definition) is 4. The fourth-order valence-corrected chi connectivity index (χ4v) is 5.82. The van der Waals surface area contributed by atoms with Crippen LogP contribution < -0.4 is 10.1 Å². The maximum atomic E-state index is 13.1. The van der Waals surface area contributed by atoms with Crippen LogP contribution in [0, 0.1) is 0 Å². The number of rotatable bonds is 6. The van der Waals surface area contributed by atoms with Crippen molar-refractivity contribution in [3.63, 3.8) is 0 Å². The minimum atomic E-state index is -3.62. The quantitative estimate of drug-likeness (QED) is 0.804. The van der Waals surface area contributed by atoms with Crippen molar-refractivity contribution in [3.05, 3.63) is 24.3 Å². The maximum Gasteiger partial charge on any atom is 0.243 e. The average Bonchev–Trinajstić information content (AvgIpc) is 2.69. The molecule has 1 aromatic carbocycles.